The van der Waals surface area contributed by atoms with Crippen molar-refractivity contribution in [2.24, 2.45) is 0 Å². The third-order valence-corrected chi connectivity index (χ3v) is 0.845. The maximum absolute atomic E-state index is 10.1. The zero-order valence-electron chi connectivity index (χ0n) is 4.84. The minimum atomic E-state index is -0.340. The minimum Gasteiger partial charge on any atom is -0.420 e. The lowest BCUT2D eigenvalue weighted by Gasteiger charge is -1.94. The molecule has 0 radical (unpaired) electrons. The van der Waals surface area contributed by atoms with Crippen LogP contribution in [0.3, 0.4) is 0 Å². The molecule has 0 heterocycles. The summed E-state index contributed by atoms with van der Waals surface area (Å²) in [6.45, 7) is 3.07. The number of thiol groups is 1. The third kappa shape index (κ3) is 3.74. The zero-order valence-corrected chi connectivity index (χ0v) is 5.74. The third-order valence-electron chi connectivity index (χ3n) is 0.495. The highest BCUT2D eigenvalue weighted by atomic mass is 32.1. The second kappa shape index (κ2) is 3.55. The normalized spacial score (nSPS) is 11.1. The van der Waals surface area contributed by atoms with Gasteiger partial charge in [-0.25, -0.2) is 0 Å². The Balaban J connectivity index is 3.56. The molecule has 0 N–H and O–H groups in total. The molecule has 0 spiro atoms. The zero-order chi connectivity index (χ0) is 6.57. The Morgan fingerprint density at radius 2 is 2.25 bits per heavy atom. The molecule has 0 bridgehead atoms. The summed E-state index contributed by atoms with van der Waals surface area (Å²) in [6, 6.07) is 0. The van der Waals surface area contributed by atoms with Crippen LogP contribution in [0.15, 0.2) is 11.2 Å². The highest BCUT2D eigenvalue weighted by Crippen LogP contribution is 2.00. The van der Waals surface area contributed by atoms with Crippen LogP contribution in [-0.2, 0) is 9.53 Å². The van der Waals surface area contributed by atoms with E-state index in [0.29, 0.717) is 5.09 Å². The molecule has 2 nitrogen and oxygen atoms in total. The summed E-state index contributed by atoms with van der Waals surface area (Å²) in [5.74, 6) is -0.340. The first-order valence-electron chi connectivity index (χ1n) is 2.20. The van der Waals surface area contributed by atoms with Crippen molar-refractivity contribution in [2.45, 2.75) is 13.8 Å². The molecule has 0 aliphatic rings. The molecule has 8 heavy (non-hydrogen) atoms. The van der Waals surface area contributed by atoms with E-state index in [2.05, 4.69) is 17.4 Å². The molecule has 0 atom stereocenters. The topological polar surface area (TPSA) is 26.3 Å². The van der Waals surface area contributed by atoms with Crippen molar-refractivity contribution in [1.82, 2.24) is 0 Å². The predicted octanol–water partition coefficient (Wildman–Crippen LogP) is 1.34. The van der Waals surface area contributed by atoms with Gasteiger partial charge in [-0.3, -0.25) is 4.79 Å². The Kier molecular flexibility index (Phi) is 3.35. The van der Waals surface area contributed by atoms with Crippen LogP contribution in [0.1, 0.15) is 13.8 Å². The average Bonchev–Trinajstić information content (AvgIpc) is 1.65. The summed E-state index contributed by atoms with van der Waals surface area (Å²) in [6.07, 6.45) is 1.60. The number of rotatable bonds is 1. The molecule has 0 fully saturated rings. The van der Waals surface area contributed by atoms with Gasteiger partial charge < -0.3 is 4.74 Å². The summed E-state index contributed by atoms with van der Waals surface area (Å²) in [7, 11) is 0. The van der Waals surface area contributed by atoms with E-state index in [-0.39, 0.29) is 5.97 Å². The van der Waals surface area contributed by atoms with Crippen LogP contribution >= 0.6 is 12.6 Å². The summed E-state index contributed by atoms with van der Waals surface area (Å²) in [4.78, 5) is 10.1. The fraction of sp³-hybridized carbons (Fsp3) is 0.400. The molecule has 0 amide bonds. The van der Waals surface area contributed by atoms with Crippen molar-refractivity contribution in [3.05, 3.63) is 11.2 Å². The summed E-state index contributed by atoms with van der Waals surface area (Å²) in [5.41, 5.74) is 0. The second-order valence-electron chi connectivity index (χ2n) is 1.22. The van der Waals surface area contributed by atoms with Gasteiger partial charge in [0, 0.05) is 6.92 Å². The smallest absolute Gasteiger partial charge is 0.308 e. The Morgan fingerprint density at radius 3 is 2.38 bits per heavy atom. The number of hydrogen-bond acceptors (Lipinski definition) is 3. The van der Waals surface area contributed by atoms with Gasteiger partial charge in [0.1, 0.15) is 0 Å². The van der Waals surface area contributed by atoms with Crippen molar-refractivity contribution in [3.8, 4) is 0 Å². The lowest BCUT2D eigenvalue weighted by Crippen LogP contribution is -1.92. The van der Waals surface area contributed by atoms with E-state index in [1.165, 1.54) is 6.92 Å². The molecule has 0 aliphatic carbocycles. The first-order valence-corrected chi connectivity index (χ1v) is 2.65. The fourth-order valence-corrected chi connectivity index (χ4v) is 0.335. The van der Waals surface area contributed by atoms with Crippen LogP contribution in [0, 0.1) is 0 Å². The lowest BCUT2D eigenvalue weighted by molar-refractivity contribution is -0.135. The van der Waals surface area contributed by atoms with Crippen LogP contribution in [0.25, 0.3) is 0 Å². The van der Waals surface area contributed by atoms with Crippen LogP contribution < -0.4 is 0 Å². The first-order chi connectivity index (χ1) is 3.66. The molecular formula is C5H8O2S. The maximum Gasteiger partial charge on any atom is 0.308 e. The van der Waals surface area contributed by atoms with Gasteiger partial charge in [0.05, 0.1) is 0 Å². The largest absolute Gasteiger partial charge is 0.420 e. The van der Waals surface area contributed by atoms with Gasteiger partial charge in [-0.1, -0.05) is 0 Å². The number of hydrogen-bond donors (Lipinski definition) is 1. The quantitative estimate of drug-likeness (QED) is 0.331. The number of carbonyl (C=O) groups excluding carboxylic acids is 1. The maximum atomic E-state index is 10.1. The number of carbonyl (C=O) groups is 1. The summed E-state index contributed by atoms with van der Waals surface area (Å²) in [5, 5.41) is 0.345. The van der Waals surface area contributed by atoms with Crippen LogP contribution in [-0.4, -0.2) is 5.97 Å². The molecular weight excluding hydrogens is 124 g/mol. The molecule has 3 heteroatoms. The van der Waals surface area contributed by atoms with E-state index in [4.69, 9.17) is 0 Å². The van der Waals surface area contributed by atoms with Crippen molar-refractivity contribution in [1.29, 1.82) is 0 Å². The van der Waals surface area contributed by atoms with E-state index in [1.807, 2.05) is 0 Å². The van der Waals surface area contributed by atoms with Gasteiger partial charge in [0.2, 0.25) is 0 Å². The molecule has 0 aromatic rings. The van der Waals surface area contributed by atoms with Gasteiger partial charge in [0.15, 0.2) is 5.09 Å². The van der Waals surface area contributed by atoms with Crippen LogP contribution in [0.4, 0.5) is 0 Å². The van der Waals surface area contributed by atoms with Crippen LogP contribution in [0.2, 0.25) is 0 Å². The van der Waals surface area contributed by atoms with Crippen molar-refractivity contribution in [3.63, 3.8) is 0 Å². The van der Waals surface area contributed by atoms with Gasteiger partial charge in [-0.2, -0.15) is 0 Å². The van der Waals surface area contributed by atoms with Gasteiger partial charge in [0.25, 0.3) is 0 Å². The number of esters is 1. The van der Waals surface area contributed by atoms with Gasteiger partial charge in [-0.15, -0.1) is 12.6 Å². The highest BCUT2D eigenvalue weighted by molar-refractivity contribution is 7.84. The summed E-state index contributed by atoms with van der Waals surface area (Å²) >= 11 is 3.79. The molecule has 0 saturated carbocycles. The minimum absolute atomic E-state index is 0.340. The Morgan fingerprint density at radius 1 is 1.75 bits per heavy atom. The molecule has 0 saturated heterocycles. The predicted molar refractivity (Wildman–Crippen MR) is 34.5 cm³/mol. The average molecular weight is 132 g/mol. The van der Waals surface area contributed by atoms with Crippen molar-refractivity contribution >= 4 is 18.6 Å². The molecule has 46 valence electrons. The first kappa shape index (κ1) is 7.56. The molecule has 0 aromatic carbocycles. The van der Waals surface area contributed by atoms with Crippen molar-refractivity contribution in [2.75, 3.05) is 0 Å². The fourth-order valence-electron chi connectivity index (χ4n) is 0.206. The van der Waals surface area contributed by atoms with Crippen molar-refractivity contribution < 1.29 is 9.53 Å². The SMILES string of the molecule is C/C=C(\S)OC(C)=O. The van der Waals surface area contributed by atoms with E-state index in [0.717, 1.165) is 0 Å². The van der Waals surface area contributed by atoms with Gasteiger partial charge in [-0.05, 0) is 13.0 Å². The molecule has 0 aliphatic heterocycles. The van der Waals surface area contributed by atoms with E-state index in [1.54, 1.807) is 13.0 Å². The summed E-state index contributed by atoms with van der Waals surface area (Å²) < 4.78 is 4.49. The van der Waals surface area contributed by atoms with E-state index in [9.17, 15) is 4.79 Å². The number of ether oxygens (including phenoxy) is 1. The second-order valence-corrected chi connectivity index (χ2v) is 1.66. The van der Waals surface area contributed by atoms with E-state index >= 15 is 0 Å². The molecule has 0 aromatic heterocycles. The monoisotopic (exact) mass is 132 g/mol. The Labute approximate surface area is 53.9 Å². The van der Waals surface area contributed by atoms with E-state index < -0.39 is 0 Å². The lowest BCUT2D eigenvalue weighted by atomic mass is 10.7. The molecule has 0 unspecified atom stereocenters. The highest BCUT2D eigenvalue weighted by Gasteiger charge is 1.91. The number of allylic oxidation sites excluding steroid dienone is 1. The molecule has 0 rings (SSSR count). The Bertz CT molecular complexity index is 118. The Hall–Kier alpha value is -0.440. The van der Waals surface area contributed by atoms with Crippen LogP contribution in [0.5, 0.6) is 0 Å². The standard InChI is InChI=1S/C5H8O2S/c1-3-5(8)7-4(2)6/h3,8H,1-2H3/b5-3-. The van der Waals surface area contributed by atoms with Gasteiger partial charge >= 0.3 is 5.97 Å².